The van der Waals surface area contributed by atoms with Crippen LogP contribution >= 0.6 is 0 Å². The molecule has 90 valence electrons. The van der Waals surface area contributed by atoms with Crippen molar-refractivity contribution in [1.82, 2.24) is 0 Å². The first-order valence-electron chi connectivity index (χ1n) is 5.95. The van der Waals surface area contributed by atoms with E-state index in [-0.39, 0.29) is 0 Å². The smallest absolute Gasteiger partial charge is 0.142 e. The fourth-order valence-electron chi connectivity index (χ4n) is 1.48. The summed E-state index contributed by atoms with van der Waals surface area (Å²) in [4.78, 5) is 5.31. The van der Waals surface area contributed by atoms with E-state index in [1.165, 1.54) is 0 Å². The normalized spacial score (nSPS) is 10.9. The van der Waals surface area contributed by atoms with E-state index in [0.717, 1.165) is 24.1 Å². The standard InChI is InChI=1S/C14H18N2O/c1-2-7-14(10-6-11-15)16-17-12-13-8-4-3-5-9-13/h3-5,8-9H,2,6-7,10,12H2,1H3/b16-14+. The van der Waals surface area contributed by atoms with Crippen LogP contribution in [0.5, 0.6) is 0 Å². The maximum atomic E-state index is 8.54. The highest BCUT2D eigenvalue weighted by atomic mass is 16.6. The molecule has 0 atom stereocenters. The van der Waals surface area contributed by atoms with E-state index in [2.05, 4.69) is 18.1 Å². The van der Waals surface area contributed by atoms with Gasteiger partial charge in [-0.1, -0.05) is 48.8 Å². The molecular formula is C14H18N2O. The van der Waals surface area contributed by atoms with Crippen LogP contribution < -0.4 is 0 Å². The lowest BCUT2D eigenvalue weighted by Gasteiger charge is -2.03. The molecule has 0 aromatic heterocycles. The van der Waals surface area contributed by atoms with Gasteiger partial charge in [0.15, 0.2) is 0 Å². The molecule has 0 unspecified atom stereocenters. The first-order valence-corrected chi connectivity index (χ1v) is 5.95. The minimum Gasteiger partial charge on any atom is -0.391 e. The van der Waals surface area contributed by atoms with Crippen LogP contribution in [-0.4, -0.2) is 5.71 Å². The number of nitrogens with zero attached hydrogens (tertiary/aromatic N) is 2. The summed E-state index contributed by atoms with van der Waals surface area (Å²) in [5, 5.41) is 12.7. The number of hydrogen-bond donors (Lipinski definition) is 0. The molecule has 0 saturated heterocycles. The van der Waals surface area contributed by atoms with Crippen molar-refractivity contribution in [2.75, 3.05) is 0 Å². The second kappa shape index (κ2) is 8.35. The van der Waals surface area contributed by atoms with Crippen LogP contribution in [0.1, 0.15) is 38.2 Å². The average molecular weight is 230 g/mol. The van der Waals surface area contributed by atoms with Crippen LogP contribution in [0.25, 0.3) is 0 Å². The van der Waals surface area contributed by atoms with E-state index in [9.17, 15) is 0 Å². The zero-order valence-corrected chi connectivity index (χ0v) is 10.2. The molecular weight excluding hydrogens is 212 g/mol. The van der Waals surface area contributed by atoms with Crippen molar-refractivity contribution in [2.45, 2.75) is 39.2 Å². The molecule has 0 bridgehead atoms. The van der Waals surface area contributed by atoms with Crippen molar-refractivity contribution < 1.29 is 4.84 Å². The lowest BCUT2D eigenvalue weighted by molar-refractivity contribution is 0.129. The predicted molar refractivity (Wildman–Crippen MR) is 68.4 cm³/mol. The maximum Gasteiger partial charge on any atom is 0.142 e. The maximum absolute atomic E-state index is 8.54. The lowest BCUT2D eigenvalue weighted by atomic mass is 10.1. The first kappa shape index (κ1) is 13.2. The third kappa shape index (κ3) is 5.72. The summed E-state index contributed by atoms with van der Waals surface area (Å²) in [5.74, 6) is 0. The van der Waals surface area contributed by atoms with Gasteiger partial charge in [-0.3, -0.25) is 0 Å². The van der Waals surface area contributed by atoms with E-state index in [1.54, 1.807) is 0 Å². The Hall–Kier alpha value is -1.82. The quantitative estimate of drug-likeness (QED) is 0.530. The highest BCUT2D eigenvalue weighted by Crippen LogP contribution is 2.04. The van der Waals surface area contributed by atoms with E-state index in [4.69, 9.17) is 10.1 Å². The van der Waals surface area contributed by atoms with Gasteiger partial charge in [0.25, 0.3) is 0 Å². The molecule has 0 aliphatic heterocycles. The van der Waals surface area contributed by atoms with Crippen molar-refractivity contribution in [1.29, 1.82) is 5.26 Å². The summed E-state index contributed by atoms with van der Waals surface area (Å²) in [6, 6.07) is 12.1. The van der Waals surface area contributed by atoms with Gasteiger partial charge in [-0.25, -0.2) is 0 Å². The Morgan fingerprint density at radius 3 is 2.71 bits per heavy atom. The highest BCUT2D eigenvalue weighted by molar-refractivity contribution is 5.84. The van der Waals surface area contributed by atoms with Crippen molar-refractivity contribution in [3.63, 3.8) is 0 Å². The van der Waals surface area contributed by atoms with Gasteiger partial charge in [-0.15, -0.1) is 0 Å². The molecule has 0 fully saturated rings. The topological polar surface area (TPSA) is 45.4 Å². The van der Waals surface area contributed by atoms with Crippen LogP contribution in [-0.2, 0) is 11.4 Å². The Balaban J connectivity index is 2.41. The predicted octanol–water partition coefficient (Wildman–Crippen LogP) is 3.66. The zero-order chi connectivity index (χ0) is 12.3. The van der Waals surface area contributed by atoms with E-state index < -0.39 is 0 Å². The third-order valence-electron chi connectivity index (χ3n) is 2.33. The summed E-state index contributed by atoms with van der Waals surface area (Å²) < 4.78 is 0. The Bertz CT molecular complexity index is 379. The van der Waals surface area contributed by atoms with Gasteiger partial charge in [0.2, 0.25) is 0 Å². The summed E-state index contributed by atoms with van der Waals surface area (Å²) >= 11 is 0. The molecule has 0 spiro atoms. The summed E-state index contributed by atoms with van der Waals surface area (Å²) in [5.41, 5.74) is 2.08. The molecule has 3 heteroatoms. The number of hydrogen-bond acceptors (Lipinski definition) is 3. The van der Waals surface area contributed by atoms with Crippen LogP contribution in [0.2, 0.25) is 0 Å². The van der Waals surface area contributed by atoms with Crippen molar-refractivity contribution in [2.24, 2.45) is 5.16 Å². The molecule has 17 heavy (non-hydrogen) atoms. The number of nitriles is 1. The monoisotopic (exact) mass is 230 g/mol. The van der Waals surface area contributed by atoms with Crippen LogP contribution in [0, 0.1) is 11.3 Å². The highest BCUT2D eigenvalue weighted by Gasteiger charge is 1.99. The summed E-state index contributed by atoms with van der Waals surface area (Å²) in [6.07, 6.45) is 3.14. The second-order valence-corrected chi connectivity index (χ2v) is 3.82. The summed E-state index contributed by atoms with van der Waals surface area (Å²) in [7, 11) is 0. The Morgan fingerprint density at radius 2 is 2.06 bits per heavy atom. The SMILES string of the molecule is CCC/C(CCC#N)=N\OCc1ccccc1. The number of benzene rings is 1. The molecule has 0 saturated carbocycles. The number of oxime groups is 1. The Morgan fingerprint density at radius 1 is 1.29 bits per heavy atom. The average Bonchev–Trinajstić information content (AvgIpc) is 2.37. The molecule has 0 radical (unpaired) electrons. The molecule has 1 aromatic rings. The van der Waals surface area contributed by atoms with Crippen molar-refractivity contribution in [3.05, 3.63) is 35.9 Å². The minimum atomic E-state index is 0.487. The Kier molecular flexibility index (Phi) is 6.50. The van der Waals surface area contributed by atoms with E-state index in [0.29, 0.717) is 19.4 Å². The zero-order valence-electron chi connectivity index (χ0n) is 10.2. The van der Waals surface area contributed by atoms with Crippen LogP contribution in [0.3, 0.4) is 0 Å². The fourth-order valence-corrected chi connectivity index (χ4v) is 1.48. The largest absolute Gasteiger partial charge is 0.391 e. The molecule has 0 heterocycles. The van der Waals surface area contributed by atoms with Gasteiger partial charge in [-0.05, 0) is 12.0 Å². The molecule has 1 aromatic carbocycles. The Labute approximate surface area is 103 Å². The molecule has 0 N–H and O–H groups in total. The molecule has 1 rings (SSSR count). The molecule has 0 aliphatic carbocycles. The van der Waals surface area contributed by atoms with E-state index >= 15 is 0 Å². The van der Waals surface area contributed by atoms with Gasteiger partial charge in [0.05, 0.1) is 11.8 Å². The summed E-state index contributed by atoms with van der Waals surface area (Å²) in [6.45, 7) is 2.58. The van der Waals surface area contributed by atoms with Crippen LogP contribution in [0.15, 0.2) is 35.5 Å². The second-order valence-electron chi connectivity index (χ2n) is 3.82. The van der Waals surface area contributed by atoms with Crippen molar-refractivity contribution >= 4 is 5.71 Å². The van der Waals surface area contributed by atoms with Gasteiger partial charge < -0.3 is 4.84 Å². The van der Waals surface area contributed by atoms with Crippen LogP contribution in [0.4, 0.5) is 0 Å². The fraction of sp³-hybridized carbons (Fsp3) is 0.429. The van der Waals surface area contributed by atoms with Gasteiger partial charge in [0, 0.05) is 12.8 Å². The first-order chi connectivity index (χ1) is 8.36. The van der Waals surface area contributed by atoms with Crippen molar-refractivity contribution in [3.8, 4) is 6.07 Å². The van der Waals surface area contributed by atoms with Gasteiger partial charge in [0.1, 0.15) is 6.61 Å². The van der Waals surface area contributed by atoms with Gasteiger partial charge >= 0.3 is 0 Å². The van der Waals surface area contributed by atoms with E-state index in [1.807, 2.05) is 30.3 Å². The molecule has 0 aliphatic rings. The molecule has 3 nitrogen and oxygen atoms in total. The number of rotatable bonds is 7. The molecule has 0 amide bonds. The third-order valence-corrected chi connectivity index (χ3v) is 2.33. The lowest BCUT2D eigenvalue weighted by Crippen LogP contribution is -1.99. The minimum absolute atomic E-state index is 0.487. The van der Waals surface area contributed by atoms with Gasteiger partial charge in [-0.2, -0.15) is 5.26 Å².